The van der Waals surface area contributed by atoms with Crippen LogP contribution >= 0.6 is 15.9 Å². The molecule has 2 N–H and O–H groups in total. The Kier molecular flexibility index (Phi) is 2.41. The van der Waals surface area contributed by atoms with E-state index in [0.29, 0.717) is 0 Å². The van der Waals surface area contributed by atoms with Gasteiger partial charge >= 0.3 is 0 Å². The third-order valence-electron chi connectivity index (χ3n) is 5.39. The maximum atomic E-state index is 11.9. The number of hydrogen-bond acceptors (Lipinski definition) is 3. The third-order valence-corrected chi connectivity index (χ3v) is 6.10. The van der Waals surface area contributed by atoms with E-state index in [4.69, 9.17) is 0 Å². The fraction of sp³-hybridized carbons (Fsp3) is 0.714. The van der Waals surface area contributed by atoms with Gasteiger partial charge in [-0.1, -0.05) is 0 Å². The Labute approximate surface area is 119 Å². The van der Waals surface area contributed by atoms with E-state index in [0.717, 1.165) is 42.8 Å². The number of halogens is 1. The first-order valence-electron chi connectivity index (χ1n) is 7.05. The van der Waals surface area contributed by atoms with Gasteiger partial charge in [0.2, 0.25) is 5.88 Å². The van der Waals surface area contributed by atoms with Gasteiger partial charge in [-0.15, -0.1) is 0 Å². The number of aromatic nitrogens is 2. The zero-order valence-corrected chi connectivity index (χ0v) is 12.2. The van der Waals surface area contributed by atoms with Crippen molar-refractivity contribution in [3.8, 4) is 5.88 Å². The molecule has 0 spiro atoms. The van der Waals surface area contributed by atoms with Crippen LogP contribution in [-0.2, 0) is 5.41 Å². The van der Waals surface area contributed by atoms with Gasteiger partial charge in [0.1, 0.15) is 10.3 Å². The van der Waals surface area contributed by atoms with Crippen molar-refractivity contribution in [2.45, 2.75) is 43.9 Å². The normalized spacial score (nSPS) is 39.7. The first kappa shape index (κ1) is 11.9. The number of nitrogens with zero attached hydrogens (tertiary/aromatic N) is 1. The van der Waals surface area contributed by atoms with E-state index in [1.807, 2.05) is 0 Å². The Bertz CT molecular complexity index is 560. The van der Waals surface area contributed by atoms with Gasteiger partial charge in [0.25, 0.3) is 5.56 Å². The summed E-state index contributed by atoms with van der Waals surface area (Å²) in [4.78, 5) is 19.0. The van der Waals surface area contributed by atoms with E-state index in [9.17, 15) is 9.90 Å². The summed E-state index contributed by atoms with van der Waals surface area (Å²) in [5, 5.41) is 9.80. The smallest absolute Gasteiger partial charge is 0.269 e. The monoisotopic (exact) mass is 324 g/mol. The molecule has 5 rings (SSSR count). The number of rotatable bonds is 1. The minimum atomic E-state index is -0.266. The summed E-state index contributed by atoms with van der Waals surface area (Å²) in [5.74, 6) is 2.93. The average Bonchev–Trinajstić information content (AvgIpc) is 2.33. The summed E-state index contributed by atoms with van der Waals surface area (Å²) in [7, 11) is 0. The van der Waals surface area contributed by atoms with Crippen LogP contribution in [0.3, 0.4) is 0 Å². The molecule has 0 unspecified atom stereocenters. The van der Waals surface area contributed by atoms with E-state index in [1.54, 1.807) is 0 Å². The predicted molar refractivity (Wildman–Crippen MR) is 74.1 cm³/mol. The molecule has 19 heavy (non-hydrogen) atoms. The topological polar surface area (TPSA) is 66.0 Å². The molecule has 4 fully saturated rings. The van der Waals surface area contributed by atoms with Crippen LogP contribution in [0.25, 0.3) is 0 Å². The highest BCUT2D eigenvalue weighted by molar-refractivity contribution is 9.10. The van der Waals surface area contributed by atoms with E-state index in [-0.39, 0.29) is 21.3 Å². The van der Waals surface area contributed by atoms with Crippen LogP contribution in [0.4, 0.5) is 0 Å². The Morgan fingerprint density at radius 1 is 1.16 bits per heavy atom. The van der Waals surface area contributed by atoms with Gasteiger partial charge in [0.05, 0.1) is 0 Å². The van der Waals surface area contributed by atoms with Gasteiger partial charge in [-0.25, -0.2) is 0 Å². The molecule has 4 bridgehead atoms. The van der Waals surface area contributed by atoms with Crippen molar-refractivity contribution in [1.82, 2.24) is 9.97 Å². The molecular formula is C14H17BrN2O2. The largest absolute Gasteiger partial charge is 0.492 e. The SMILES string of the molecule is O=c1[nH]c(C23CC4CC(CC(C4)C2)C3)nc(O)c1Br. The number of hydrogen-bond donors (Lipinski definition) is 2. The molecule has 0 saturated heterocycles. The van der Waals surface area contributed by atoms with E-state index < -0.39 is 0 Å². The van der Waals surface area contributed by atoms with Gasteiger partial charge in [0, 0.05) is 5.41 Å². The molecular weight excluding hydrogens is 308 g/mol. The van der Waals surface area contributed by atoms with Crippen molar-refractivity contribution >= 4 is 15.9 Å². The Balaban J connectivity index is 1.82. The van der Waals surface area contributed by atoms with Crippen molar-refractivity contribution in [2.75, 3.05) is 0 Å². The molecule has 0 amide bonds. The van der Waals surface area contributed by atoms with Crippen LogP contribution in [0.1, 0.15) is 44.3 Å². The van der Waals surface area contributed by atoms with Crippen LogP contribution in [0.15, 0.2) is 9.27 Å². The molecule has 0 aliphatic heterocycles. The molecule has 1 aromatic heterocycles. The molecule has 4 aliphatic carbocycles. The lowest BCUT2D eigenvalue weighted by Crippen LogP contribution is -2.49. The summed E-state index contributed by atoms with van der Waals surface area (Å²) in [6, 6.07) is 0. The summed E-state index contributed by atoms with van der Waals surface area (Å²) in [6.07, 6.45) is 7.44. The van der Waals surface area contributed by atoms with Crippen molar-refractivity contribution in [1.29, 1.82) is 0 Å². The standard InChI is InChI=1S/C14H17BrN2O2/c15-10-11(18)16-13(17-12(10)19)14-4-7-1-8(5-14)3-9(2-7)6-14/h7-9H,1-6H2,(H2,16,17,18,19). The van der Waals surface area contributed by atoms with Gasteiger partial charge < -0.3 is 10.1 Å². The first-order chi connectivity index (χ1) is 9.06. The quantitative estimate of drug-likeness (QED) is 0.834. The zero-order chi connectivity index (χ0) is 13.2. The van der Waals surface area contributed by atoms with E-state index in [2.05, 4.69) is 25.9 Å². The minimum absolute atomic E-state index is 0.0199. The molecule has 102 valence electrons. The van der Waals surface area contributed by atoms with Crippen LogP contribution in [0.2, 0.25) is 0 Å². The van der Waals surface area contributed by atoms with Gasteiger partial charge in [-0.05, 0) is 72.2 Å². The molecule has 5 heteroatoms. The number of aromatic amines is 1. The fourth-order valence-electron chi connectivity index (χ4n) is 5.10. The summed E-state index contributed by atoms with van der Waals surface area (Å²) in [6.45, 7) is 0. The Hall–Kier alpha value is -0.840. The lowest BCUT2D eigenvalue weighted by molar-refractivity contribution is -0.00978. The molecule has 1 aromatic rings. The molecule has 4 saturated carbocycles. The highest BCUT2D eigenvalue weighted by Gasteiger charge is 2.53. The third kappa shape index (κ3) is 1.70. The summed E-state index contributed by atoms with van der Waals surface area (Å²) >= 11 is 3.07. The highest BCUT2D eigenvalue weighted by Crippen LogP contribution is 2.60. The summed E-state index contributed by atoms with van der Waals surface area (Å²) in [5.41, 5.74) is -0.246. The maximum Gasteiger partial charge on any atom is 0.269 e. The van der Waals surface area contributed by atoms with Crippen molar-refractivity contribution < 1.29 is 5.11 Å². The fourth-order valence-corrected chi connectivity index (χ4v) is 5.29. The molecule has 4 aliphatic rings. The van der Waals surface area contributed by atoms with Crippen molar-refractivity contribution in [3.63, 3.8) is 0 Å². The van der Waals surface area contributed by atoms with Crippen LogP contribution in [-0.4, -0.2) is 15.1 Å². The van der Waals surface area contributed by atoms with Crippen LogP contribution in [0, 0.1) is 17.8 Å². The minimum Gasteiger partial charge on any atom is -0.492 e. The number of nitrogens with one attached hydrogen (secondary N) is 1. The summed E-state index contributed by atoms with van der Waals surface area (Å²) < 4.78 is 0.140. The second-order valence-electron chi connectivity index (χ2n) is 6.75. The van der Waals surface area contributed by atoms with Gasteiger partial charge in [0.15, 0.2) is 0 Å². The van der Waals surface area contributed by atoms with Crippen molar-refractivity contribution in [3.05, 3.63) is 20.7 Å². The Morgan fingerprint density at radius 3 is 2.16 bits per heavy atom. The molecule has 0 radical (unpaired) electrons. The van der Waals surface area contributed by atoms with E-state index >= 15 is 0 Å². The number of H-pyrrole nitrogens is 1. The lowest BCUT2D eigenvalue weighted by Gasteiger charge is -2.56. The van der Waals surface area contributed by atoms with Gasteiger partial charge in [-0.3, -0.25) is 4.79 Å². The first-order valence-corrected chi connectivity index (χ1v) is 7.84. The molecule has 4 nitrogen and oxygen atoms in total. The maximum absolute atomic E-state index is 11.9. The Morgan fingerprint density at radius 2 is 1.68 bits per heavy atom. The molecule has 0 aromatic carbocycles. The average molecular weight is 325 g/mol. The molecule has 0 atom stereocenters. The predicted octanol–water partition coefficient (Wildman–Crippen LogP) is 2.71. The van der Waals surface area contributed by atoms with Crippen LogP contribution < -0.4 is 5.56 Å². The van der Waals surface area contributed by atoms with Crippen LogP contribution in [0.5, 0.6) is 5.88 Å². The second kappa shape index (κ2) is 3.84. The lowest BCUT2D eigenvalue weighted by atomic mass is 9.49. The zero-order valence-electron chi connectivity index (χ0n) is 10.7. The number of aromatic hydroxyl groups is 1. The van der Waals surface area contributed by atoms with Gasteiger partial charge in [-0.2, -0.15) is 4.98 Å². The second-order valence-corrected chi connectivity index (χ2v) is 7.54. The molecule has 1 heterocycles. The van der Waals surface area contributed by atoms with Crippen molar-refractivity contribution in [2.24, 2.45) is 17.8 Å². The highest BCUT2D eigenvalue weighted by atomic mass is 79.9. The van der Waals surface area contributed by atoms with E-state index in [1.165, 1.54) is 19.3 Å².